The van der Waals surface area contributed by atoms with Crippen molar-refractivity contribution in [3.63, 3.8) is 0 Å². The Labute approximate surface area is 189 Å². The molecule has 1 N–H and O–H groups in total. The van der Waals surface area contributed by atoms with E-state index in [9.17, 15) is 13.2 Å². The molecule has 2 unspecified atom stereocenters. The number of aryl methyl sites for hydroxylation is 1. The van der Waals surface area contributed by atoms with Crippen molar-refractivity contribution in [2.24, 2.45) is 0 Å². The second-order valence-electron chi connectivity index (χ2n) is 8.16. The van der Waals surface area contributed by atoms with Gasteiger partial charge in [-0.25, -0.2) is 8.42 Å². The maximum Gasteiger partial charge on any atom is 0.257 e. The molecule has 4 rings (SSSR count). The smallest absolute Gasteiger partial charge is 0.257 e. The SMILES string of the molecule is CCCN1C(=O)COC2c3ccc(OC)cc3N(NS(=O)(=O)c3ccc(C)cc3)CCC21. The fourth-order valence-corrected chi connectivity index (χ4v) is 5.44. The third kappa shape index (κ3) is 4.32. The van der Waals surface area contributed by atoms with Crippen molar-refractivity contribution in [2.45, 2.75) is 43.7 Å². The minimum atomic E-state index is -3.81. The van der Waals surface area contributed by atoms with E-state index in [4.69, 9.17) is 9.47 Å². The number of nitrogens with one attached hydrogen (secondary N) is 1. The molecule has 2 aliphatic heterocycles. The molecule has 0 saturated carbocycles. The average molecular weight is 460 g/mol. The molecule has 1 saturated heterocycles. The first-order valence-electron chi connectivity index (χ1n) is 10.8. The molecule has 0 aliphatic carbocycles. The third-order valence-electron chi connectivity index (χ3n) is 5.97. The van der Waals surface area contributed by atoms with Crippen LogP contribution in [0.2, 0.25) is 0 Å². The van der Waals surface area contributed by atoms with Crippen LogP contribution in [0.15, 0.2) is 47.4 Å². The van der Waals surface area contributed by atoms with Crippen LogP contribution in [0.25, 0.3) is 0 Å². The number of hydrazine groups is 1. The first-order chi connectivity index (χ1) is 15.3. The number of amides is 1. The molecule has 2 aromatic carbocycles. The van der Waals surface area contributed by atoms with Crippen LogP contribution in [0.3, 0.4) is 0 Å². The Bertz CT molecular complexity index is 1090. The highest BCUT2D eigenvalue weighted by Gasteiger charge is 2.41. The lowest BCUT2D eigenvalue weighted by atomic mass is 9.96. The van der Waals surface area contributed by atoms with E-state index in [1.165, 1.54) is 0 Å². The van der Waals surface area contributed by atoms with E-state index in [-0.39, 0.29) is 29.6 Å². The fourth-order valence-electron chi connectivity index (χ4n) is 4.36. The monoisotopic (exact) mass is 459 g/mol. The van der Waals surface area contributed by atoms with Gasteiger partial charge in [-0.05, 0) is 38.0 Å². The van der Waals surface area contributed by atoms with Gasteiger partial charge in [0.05, 0.1) is 23.7 Å². The second-order valence-corrected chi connectivity index (χ2v) is 9.82. The zero-order valence-corrected chi connectivity index (χ0v) is 19.4. The topological polar surface area (TPSA) is 88.2 Å². The summed E-state index contributed by atoms with van der Waals surface area (Å²) in [5.74, 6) is 0.580. The lowest BCUT2D eigenvalue weighted by Crippen LogP contribution is -2.51. The molecule has 2 aromatic rings. The van der Waals surface area contributed by atoms with Gasteiger partial charge in [-0.1, -0.05) is 30.7 Å². The summed E-state index contributed by atoms with van der Waals surface area (Å²) in [6.45, 7) is 4.98. The predicted octanol–water partition coefficient (Wildman–Crippen LogP) is 2.79. The average Bonchev–Trinajstić information content (AvgIpc) is 2.92. The van der Waals surface area contributed by atoms with Crippen molar-refractivity contribution in [1.29, 1.82) is 0 Å². The molecule has 0 aromatic heterocycles. The number of morpholine rings is 1. The summed E-state index contributed by atoms with van der Waals surface area (Å²) in [5, 5.41) is 1.63. The van der Waals surface area contributed by atoms with E-state index in [2.05, 4.69) is 4.83 Å². The lowest BCUT2D eigenvalue weighted by Gasteiger charge is -2.40. The van der Waals surface area contributed by atoms with E-state index >= 15 is 0 Å². The molecule has 1 amide bonds. The van der Waals surface area contributed by atoms with Gasteiger partial charge in [-0.2, -0.15) is 0 Å². The van der Waals surface area contributed by atoms with Crippen LogP contribution in [0.1, 0.15) is 37.0 Å². The Kier molecular flexibility index (Phi) is 6.41. The zero-order chi connectivity index (χ0) is 22.9. The molecule has 0 bridgehead atoms. The molecule has 32 heavy (non-hydrogen) atoms. The first kappa shape index (κ1) is 22.6. The molecule has 2 heterocycles. The Morgan fingerprint density at radius 1 is 1.19 bits per heavy atom. The van der Waals surface area contributed by atoms with E-state index in [1.54, 1.807) is 42.5 Å². The molecular formula is C23H29N3O5S. The number of sulfonamides is 1. The highest BCUT2D eigenvalue weighted by Crippen LogP contribution is 2.41. The number of anilines is 1. The molecule has 0 spiro atoms. The standard InChI is InChI=1S/C23H29N3O5S/c1-4-12-25-20-11-13-26(24-32(28,29)18-8-5-16(2)6-9-18)21-14-17(30-3)7-10-19(21)23(20)31-15-22(25)27/h5-10,14,20,23-24H,4,11-13,15H2,1-3H3. The number of ether oxygens (including phenoxy) is 2. The van der Waals surface area contributed by atoms with Crippen molar-refractivity contribution >= 4 is 21.6 Å². The van der Waals surface area contributed by atoms with E-state index in [0.29, 0.717) is 30.9 Å². The van der Waals surface area contributed by atoms with Crippen LogP contribution in [-0.2, 0) is 19.6 Å². The number of carbonyl (C=O) groups is 1. The van der Waals surface area contributed by atoms with Gasteiger partial charge >= 0.3 is 0 Å². The lowest BCUT2D eigenvalue weighted by molar-refractivity contribution is -0.157. The maximum absolute atomic E-state index is 13.1. The Balaban J connectivity index is 1.73. The van der Waals surface area contributed by atoms with Crippen LogP contribution in [0, 0.1) is 6.92 Å². The minimum Gasteiger partial charge on any atom is -0.497 e. The third-order valence-corrected chi connectivity index (χ3v) is 7.32. The van der Waals surface area contributed by atoms with Crippen LogP contribution in [-0.4, -0.2) is 52.1 Å². The number of fused-ring (bicyclic) bond motifs is 3. The van der Waals surface area contributed by atoms with Crippen molar-refractivity contribution in [3.05, 3.63) is 53.6 Å². The minimum absolute atomic E-state index is 0.0156. The number of carbonyl (C=O) groups excluding carboxylic acids is 1. The highest BCUT2D eigenvalue weighted by molar-refractivity contribution is 7.89. The van der Waals surface area contributed by atoms with Crippen LogP contribution >= 0.6 is 0 Å². The first-order valence-corrected chi connectivity index (χ1v) is 12.3. The van der Waals surface area contributed by atoms with E-state index in [1.807, 2.05) is 30.9 Å². The Morgan fingerprint density at radius 3 is 2.62 bits per heavy atom. The quantitative estimate of drug-likeness (QED) is 0.715. The number of nitrogens with zero attached hydrogens (tertiary/aromatic N) is 2. The van der Waals surface area contributed by atoms with E-state index < -0.39 is 10.0 Å². The van der Waals surface area contributed by atoms with Crippen LogP contribution in [0.5, 0.6) is 5.75 Å². The predicted molar refractivity (Wildman–Crippen MR) is 121 cm³/mol. The summed E-state index contributed by atoms with van der Waals surface area (Å²) in [5.41, 5.74) is 2.47. The fraction of sp³-hybridized carbons (Fsp3) is 0.435. The van der Waals surface area contributed by atoms with Gasteiger partial charge in [0.15, 0.2) is 0 Å². The maximum atomic E-state index is 13.1. The van der Waals surface area contributed by atoms with Gasteiger partial charge in [0, 0.05) is 24.7 Å². The number of benzene rings is 2. The van der Waals surface area contributed by atoms with Crippen molar-refractivity contribution < 1.29 is 22.7 Å². The number of rotatable bonds is 6. The van der Waals surface area contributed by atoms with Crippen molar-refractivity contribution in [2.75, 3.05) is 31.8 Å². The number of hydrogen-bond acceptors (Lipinski definition) is 6. The van der Waals surface area contributed by atoms with Gasteiger partial charge in [-0.3, -0.25) is 9.80 Å². The van der Waals surface area contributed by atoms with Crippen LogP contribution < -0.4 is 14.6 Å². The van der Waals surface area contributed by atoms with Gasteiger partial charge < -0.3 is 14.4 Å². The zero-order valence-electron chi connectivity index (χ0n) is 18.6. The van der Waals surface area contributed by atoms with E-state index in [0.717, 1.165) is 17.5 Å². The van der Waals surface area contributed by atoms with Gasteiger partial charge in [0.2, 0.25) is 5.91 Å². The van der Waals surface area contributed by atoms with Gasteiger partial charge in [-0.15, -0.1) is 4.83 Å². The summed E-state index contributed by atoms with van der Waals surface area (Å²) in [6, 6.07) is 12.1. The number of methoxy groups -OCH3 is 1. The van der Waals surface area contributed by atoms with Gasteiger partial charge in [0.1, 0.15) is 18.5 Å². The Morgan fingerprint density at radius 2 is 1.94 bits per heavy atom. The molecule has 1 fully saturated rings. The summed E-state index contributed by atoms with van der Waals surface area (Å²) in [4.78, 5) is 17.3. The Hall–Kier alpha value is -2.62. The summed E-state index contributed by atoms with van der Waals surface area (Å²) in [7, 11) is -2.24. The highest BCUT2D eigenvalue weighted by atomic mass is 32.2. The molecule has 2 aliphatic rings. The molecule has 0 radical (unpaired) electrons. The molecule has 172 valence electrons. The second kappa shape index (κ2) is 9.09. The van der Waals surface area contributed by atoms with Crippen LogP contribution in [0.4, 0.5) is 5.69 Å². The molecule has 8 nitrogen and oxygen atoms in total. The summed E-state index contributed by atoms with van der Waals surface area (Å²) in [6.07, 6.45) is 1.06. The molecule has 2 atom stereocenters. The molecular weight excluding hydrogens is 430 g/mol. The van der Waals surface area contributed by atoms with Gasteiger partial charge in [0.25, 0.3) is 10.0 Å². The summed E-state index contributed by atoms with van der Waals surface area (Å²) >= 11 is 0. The molecule has 9 heteroatoms. The summed E-state index contributed by atoms with van der Waals surface area (Å²) < 4.78 is 37.7. The number of hydrogen-bond donors (Lipinski definition) is 1. The van der Waals surface area contributed by atoms with Crippen molar-refractivity contribution in [3.8, 4) is 5.75 Å². The normalized spacial score (nSPS) is 21.0. The van der Waals surface area contributed by atoms with Crippen molar-refractivity contribution in [1.82, 2.24) is 9.73 Å². The largest absolute Gasteiger partial charge is 0.497 e.